The van der Waals surface area contributed by atoms with Crippen LogP contribution in [-0.4, -0.2) is 44.3 Å². The Morgan fingerprint density at radius 1 is 0.923 bits per heavy atom. The fourth-order valence-electron chi connectivity index (χ4n) is 4.10. The lowest BCUT2D eigenvalue weighted by molar-refractivity contribution is -0.139. The first-order valence-corrected chi connectivity index (χ1v) is 14.7. The molecule has 0 radical (unpaired) electrons. The number of halogens is 1. The van der Waals surface area contributed by atoms with Gasteiger partial charge in [-0.15, -0.1) is 0 Å². The summed E-state index contributed by atoms with van der Waals surface area (Å²) in [6.07, 6.45) is 0.749. The van der Waals surface area contributed by atoms with E-state index in [0.717, 1.165) is 27.4 Å². The molecule has 9 heteroatoms. The molecule has 7 nitrogen and oxygen atoms in total. The SMILES string of the molecule is CCCNC(=O)[C@H](C)N(Cc1ccc(Cl)cc1)C(=O)CN(c1cc(C)ccc1C)S(=O)(=O)c1ccc(C)cc1. The number of carbonyl (C=O) groups excluding carboxylic acids is 2. The maximum absolute atomic E-state index is 14.0. The number of nitrogens with zero attached hydrogens (tertiary/aromatic N) is 2. The molecule has 3 aromatic carbocycles. The van der Waals surface area contributed by atoms with E-state index in [-0.39, 0.29) is 17.3 Å². The molecular weight excluding hydrogens is 534 g/mol. The van der Waals surface area contributed by atoms with Gasteiger partial charge in [-0.05, 0) is 81.1 Å². The van der Waals surface area contributed by atoms with Gasteiger partial charge >= 0.3 is 0 Å². The third kappa shape index (κ3) is 7.61. The average molecular weight is 570 g/mol. The zero-order valence-electron chi connectivity index (χ0n) is 23.1. The molecule has 0 aliphatic heterocycles. The third-order valence-electron chi connectivity index (χ3n) is 6.50. The zero-order chi connectivity index (χ0) is 28.7. The average Bonchev–Trinajstić information content (AvgIpc) is 2.91. The van der Waals surface area contributed by atoms with E-state index in [2.05, 4.69) is 5.32 Å². The van der Waals surface area contributed by atoms with Crippen LogP contribution >= 0.6 is 11.6 Å². The van der Waals surface area contributed by atoms with E-state index >= 15 is 0 Å². The molecule has 0 saturated heterocycles. The van der Waals surface area contributed by atoms with Gasteiger partial charge in [-0.1, -0.05) is 60.5 Å². The number of nitrogens with one attached hydrogen (secondary N) is 1. The summed E-state index contributed by atoms with van der Waals surface area (Å²) in [4.78, 5) is 28.4. The van der Waals surface area contributed by atoms with Gasteiger partial charge in [0.2, 0.25) is 11.8 Å². The summed E-state index contributed by atoms with van der Waals surface area (Å²) in [5, 5.41) is 3.39. The van der Waals surface area contributed by atoms with Gasteiger partial charge in [-0.25, -0.2) is 8.42 Å². The molecule has 0 spiro atoms. The van der Waals surface area contributed by atoms with E-state index in [1.54, 1.807) is 61.5 Å². The summed E-state index contributed by atoms with van der Waals surface area (Å²) in [6, 6.07) is 18.2. The van der Waals surface area contributed by atoms with Crippen LogP contribution in [0.5, 0.6) is 0 Å². The first-order valence-electron chi connectivity index (χ1n) is 12.9. The Morgan fingerprint density at radius 3 is 2.15 bits per heavy atom. The van der Waals surface area contributed by atoms with Gasteiger partial charge in [0.15, 0.2) is 0 Å². The number of hydrogen-bond acceptors (Lipinski definition) is 4. The van der Waals surface area contributed by atoms with Gasteiger partial charge < -0.3 is 10.2 Å². The Labute approximate surface area is 236 Å². The zero-order valence-corrected chi connectivity index (χ0v) is 24.6. The highest BCUT2D eigenvalue weighted by Gasteiger charge is 2.33. The molecule has 2 amide bonds. The van der Waals surface area contributed by atoms with Crippen molar-refractivity contribution in [3.63, 3.8) is 0 Å². The van der Waals surface area contributed by atoms with Gasteiger partial charge in [0, 0.05) is 18.1 Å². The molecule has 0 aliphatic rings. The largest absolute Gasteiger partial charge is 0.354 e. The molecule has 1 atom stereocenters. The summed E-state index contributed by atoms with van der Waals surface area (Å²) < 4.78 is 29.1. The number of aryl methyl sites for hydroxylation is 3. The van der Waals surface area contributed by atoms with Crippen LogP contribution in [0.3, 0.4) is 0 Å². The summed E-state index contributed by atoms with van der Waals surface area (Å²) in [7, 11) is -4.11. The fraction of sp³-hybridized carbons (Fsp3) is 0.333. The molecule has 39 heavy (non-hydrogen) atoms. The summed E-state index contributed by atoms with van der Waals surface area (Å²) >= 11 is 6.05. The van der Waals surface area contributed by atoms with Crippen molar-refractivity contribution in [3.8, 4) is 0 Å². The van der Waals surface area contributed by atoms with E-state index in [1.807, 2.05) is 39.8 Å². The van der Waals surface area contributed by atoms with Crippen LogP contribution in [0.4, 0.5) is 5.69 Å². The molecule has 0 bridgehead atoms. The first-order chi connectivity index (χ1) is 18.4. The Kier molecular flexibility index (Phi) is 10.2. The fourth-order valence-corrected chi connectivity index (χ4v) is 5.70. The summed E-state index contributed by atoms with van der Waals surface area (Å²) in [5.74, 6) is -0.806. The van der Waals surface area contributed by atoms with Crippen molar-refractivity contribution in [1.82, 2.24) is 10.2 Å². The molecule has 0 aliphatic carbocycles. The standard InChI is InChI=1S/C30H36ClN3O4S/c1-6-17-32-30(36)24(5)33(19-25-11-13-26(31)14-12-25)29(35)20-34(28-18-22(3)7-10-23(28)4)39(37,38)27-15-8-21(2)9-16-27/h7-16,18,24H,6,17,19-20H2,1-5H3,(H,32,36)/t24-/m0/s1. The molecule has 1 N–H and O–H groups in total. The van der Waals surface area contributed by atoms with Crippen molar-refractivity contribution < 1.29 is 18.0 Å². The van der Waals surface area contributed by atoms with Crippen LogP contribution in [0.25, 0.3) is 0 Å². The van der Waals surface area contributed by atoms with Crippen molar-refractivity contribution in [2.45, 2.75) is 58.5 Å². The highest BCUT2D eigenvalue weighted by Crippen LogP contribution is 2.29. The maximum atomic E-state index is 14.0. The van der Waals surface area contributed by atoms with Crippen LogP contribution in [0, 0.1) is 20.8 Å². The molecule has 0 heterocycles. The van der Waals surface area contributed by atoms with Gasteiger partial charge in [0.25, 0.3) is 10.0 Å². The van der Waals surface area contributed by atoms with Crippen molar-refractivity contribution in [1.29, 1.82) is 0 Å². The number of sulfonamides is 1. The number of amides is 2. The van der Waals surface area contributed by atoms with Crippen LogP contribution in [0.15, 0.2) is 71.6 Å². The highest BCUT2D eigenvalue weighted by atomic mass is 35.5. The molecule has 208 valence electrons. The lowest BCUT2D eigenvalue weighted by Crippen LogP contribution is -2.51. The van der Waals surface area contributed by atoms with Crippen molar-refractivity contribution in [2.24, 2.45) is 0 Å². The molecule has 0 aromatic heterocycles. The minimum Gasteiger partial charge on any atom is -0.354 e. The van der Waals surface area contributed by atoms with Crippen LogP contribution in [0.2, 0.25) is 5.02 Å². The van der Waals surface area contributed by atoms with Crippen LogP contribution < -0.4 is 9.62 Å². The Bertz CT molecular complexity index is 1410. The molecule has 3 rings (SSSR count). The third-order valence-corrected chi connectivity index (χ3v) is 8.53. The quantitative estimate of drug-likeness (QED) is 0.335. The van der Waals surface area contributed by atoms with Crippen molar-refractivity contribution in [3.05, 3.63) is 94.0 Å². The summed E-state index contributed by atoms with van der Waals surface area (Å²) in [6.45, 7) is 9.26. The molecule has 0 saturated carbocycles. The van der Waals surface area contributed by atoms with E-state index in [1.165, 1.54) is 4.90 Å². The smallest absolute Gasteiger partial charge is 0.264 e. The number of benzene rings is 3. The van der Waals surface area contributed by atoms with E-state index in [9.17, 15) is 18.0 Å². The van der Waals surface area contributed by atoms with Gasteiger partial charge in [-0.3, -0.25) is 13.9 Å². The number of carbonyl (C=O) groups is 2. The normalized spacial score (nSPS) is 12.1. The number of hydrogen-bond donors (Lipinski definition) is 1. The summed E-state index contributed by atoms with van der Waals surface area (Å²) in [5.41, 5.74) is 3.67. The van der Waals surface area contributed by atoms with E-state index in [4.69, 9.17) is 11.6 Å². The van der Waals surface area contributed by atoms with Gasteiger partial charge in [0.05, 0.1) is 10.6 Å². The van der Waals surface area contributed by atoms with Crippen LogP contribution in [-0.2, 0) is 26.2 Å². The lowest BCUT2D eigenvalue weighted by Gasteiger charge is -2.32. The Morgan fingerprint density at radius 2 is 1.54 bits per heavy atom. The Hall–Kier alpha value is -3.36. The maximum Gasteiger partial charge on any atom is 0.264 e. The monoisotopic (exact) mass is 569 g/mol. The predicted octanol–water partition coefficient (Wildman–Crippen LogP) is 5.40. The van der Waals surface area contributed by atoms with Gasteiger partial charge in [-0.2, -0.15) is 0 Å². The topological polar surface area (TPSA) is 86.8 Å². The molecule has 3 aromatic rings. The van der Waals surface area contributed by atoms with Gasteiger partial charge in [0.1, 0.15) is 12.6 Å². The van der Waals surface area contributed by atoms with Crippen LogP contribution in [0.1, 0.15) is 42.5 Å². The highest BCUT2D eigenvalue weighted by molar-refractivity contribution is 7.92. The van der Waals surface area contributed by atoms with E-state index in [0.29, 0.717) is 22.8 Å². The lowest BCUT2D eigenvalue weighted by atomic mass is 10.1. The second-order valence-corrected chi connectivity index (χ2v) is 12.0. The minimum absolute atomic E-state index is 0.0831. The first kappa shape index (κ1) is 30.2. The minimum atomic E-state index is -4.11. The second kappa shape index (κ2) is 13.1. The van der Waals surface area contributed by atoms with Crippen molar-refractivity contribution >= 4 is 39.1 Å². The number of rotatable bonds is 11. The van der Waals surface area contributed by atoms with E-state index < -0.39 is 28.5 Å². The second-order valence-electron chi connectivity index (χ2n) is 9.73. The predicted molar refractivity (Wildman–Crippen MR) is 156 cm³/mol. The molecule has 0 unspecified atom stereocenters. The molecular formula is C30H36ClN3O4S. The Balaban J connectivity index is 2.05. The van der Waals surface area contributed by atoms with Crippen molar-refractivity contribution in [2.75, 3.05) is 17.4 Å². The molecule has 0 fully saturated rings. The number of anilines is 1.